The average Bonchev–Trinajstić information content (AvgIpc) is 3.14. The summed E-state index contributed by atoms with van der Waals surface area (Å²) in [7, 11) is 0. The van der Waals surface area contributed by atoms with Gasteiger partial charge in [-0.15, -0.1) is 0 Å². The molecule has 4 aromatic rings. The Labute approximate surface area is 196 Å². The van der Waals surface area contributed by atoms with E-state index in [0.29, 0.717) is 36.2 Å². The van der Waals surface area contributed by atoms with Crippen LogP contribution in [0, 0.1) is 0 Å². The summed E-state index contributed by atoms with van der Waals surface area (Å²) in [5.41, 5.74) is 2.79. The zero-order chi connectivity index (χ0) is 22.3. The monoisotopic (exact) mass is 467 g/mol. The standard InChI is InChI=1S/C25H23Cl2N3O2/c26-19-9-11-20(12-10-19)32-16-15-30-23-8-4-3-7-22(23)29-24(30)13-14-28-25(31)17-18-5-1-2-6-21(18)27/h1-12H,13-17H2,(H,28,31). The fourth-order valence-corrected chi connectivity index (χ4v) is 3.87. The van der Waals surface area contributed by atoms with Crippen molar-refractivity contribution >= 4 is 40.1 Å². The van der Waals surface area contributed by atoms with Gasteiger partial charge in [0.05, 0.1) is 24.0 Å². The predicted molar refractivity (Wildman–Crippen MR) is 129 cm³/mol. The first kappa shape index (κ1) is 22.2. The van der Waals surface area contributed by atoms with Crippen molar-refractivity contribution in [3.8, 4) is 5.75 Å². The lowest BCUT2D eigenvalue weighted by atomic mass is 10.1. The van der Waals surface area contributed by atoms with Gasteiger partial charge in [-0.25, -0.2) is 4.98 Å². The number of carbonyl (C=O) groups excluding carboxylic acids is 1. The lowest BCUT2D eigenvalue weighted by molar-refractivity contribution is -0.120. The molecule has 0 saturated carbocycles. The molecule has 32 heavy (non-hydrogen) atoms. The lowest BCUT2D eigenvalue weighted by Gasteiger charge is -2.11. The van der Waals surface area contributed by atoms with E-state index in [4.69, 9.17) is 32.9 Å². The smallest absolute Gasteiger partial charge is 0.224 e. The van der Waals surface area contributed by atoms with Crippen molar-refractivity contribution in [2.45, 2.75) is 19.4 Å². The van der Waals surface area contributed by atoms with Crippen LogP contribution in [0.5, 0.6) is 5.75 Å². The van der Waals surface area contributed by atoms with Crippen LogP contribution in [0.3, 0.4) is 0 Å². The quantitative estimate of drug-likeness (QED) is 0.362. The van der Waals surface area contributed by atoms with E-state index in [0.717, 1.165) is 28.2 Å². The van der Waals surface area contributed by atoms with Gasteiger partial charge >= 0.3 is 0 Å². The molecule has 0 aliphatic carbocycles. The highest BCUT2D eigenvalue weighted by molar-refractivity contribution is 6.31. The van der Waals surface area contributed by atoms with Crippen molar-refractivity contribution in [3.05, 3.63) is 94.2 Å². The highest BCUT2D eigenvalue weighted by Gasteiger charge is 2.12. The highest BCUT2D eigenvalue weighted by atomic mass is 35.5. The lowest BCUT2D eigenvalue weighted by Crippen LogP contribution is -2.28. The summed E-state index contributed by atoms with van der Waals surface area (Å²) in [6.45, 7) is 1.63. The average molecular weight is 468 g/mol. The maximum absolute atomic E-state index is 12.3. The second kappa shape index (κ2) is 10.5. The predicted octanol–water partition coefficient (Wildman–Crippen LogP) is 5.32. The molecule has 0 aliphatic heterocycles. The van der Waals surface area contributed by atoms with Crippen LogP contribution in [-0.4, -0.2) is 28.6 Å². The number of nitrogens with one attached hydrogen (secondary N) is 1. The Morgan fingerprint density at radius 2 is 1.72 bits per heavy atom. The number of para-hydroxylation sites is 2. The van der Waals surface area contributed by atoms with Crippen molar-refractivity contribution in [1.82, 2.24) is 14.9 Å². The summed E-state index contributed by atoms with van der Waals surface area (Å²) in [5.74, 6) is 1.61. The number of fused-ring (bicyclic) bond motifs is 1. The maximum atomic E-state index is 12.3. The van der Waals surface area contributed by atoms with Gasteiger partial charge in [0.1, 0.15) is 18.2 Å². The summed E-state index contributed by atoms with van der Waals surface area (Å²) in [4.78, 5) is 17.1. The van der Waals surface area contributed by atoms with Crippen LogP contribution in [0.2, 0.25) is 10.0 Å². The molecule has 164 valence electrons. The summed E-state index contributed by atoms with van der Waals surface area (Å²) in [6.07, 6.45) is 0.870. The first-order valence-electron chi connectivity index (χ1n) is 10.4. The number of ether oxygens (including phenoxy) is 1. The number of aromatic nitrogens is 2. The molecule has 0 bridgehead atoms. The molecule has 1 aromatic heterocycles. The molecule has 0 atom stereocenters. The molecule has 3 aromatic carbocycles. The van der Waals surface area contributed by atoms with Crippen LogP contribution >= 0.6 is 23.2 Å². The van der Waals surface area contributed by atoms with E-state index in [1.807, 2.05) is 54.6 Å². The van der Waals surface area contributed by atoms with Crippen LogP contribution in [0.15, 0.2) is 72.8 Å². The van der Waals surface area contributed by atoms with Gasteiger partial charge in [0.15, 0.2) is 0 Å². The van der Waals surface area contributed by atoms with Gasteiger partial charge in [0, 0.05) is 23.0 Å². The van der Waals surface area contributed by atoms with Gasteiger partial charge < -0.3 is 14.6 Å². The minimum absolute atomic E-state index is 0.0631. The zero-order valence-electron chi connectivity index (χ0n) is 17.4. The molecular weight excluding hydrogens is 445 g/mol. The first-order chi connectivity index (χ1) is 15.6. The van der Waals surface area contributed by atoms with E-state index in [2.05, 4.69) is 9.88 Å². The van der Waals surface area contributed by atoms with Crippen LogP contribution < -0.4 is 10.1 Å². The number of hydrogen-bond donors (Lipinski definition) is 1. The Morgan fingerprint density at radius 3 is 2.53 bits per heavy atom. The Kier molecular flexibility index (Phi) is 7.30. The molecule has 0 aliphatic rings. The van der Waals surface area contributed by atoms with Gasteiger partial charge in [-0.2, -0.15) is 0 Å². The summed E-state index contributed by atoms with van der Waals surface area (Å²) >= 11 is 12.1. The fourth-order valence-electron chi connectivity index (χ4n) is 3.54. The number of imidazole rings is 1. The second-order valence-corrected chi connectivity index (χ2v) is 8.18. The molecule has 0 spiro atoms. The molecule has 4 rings (SSSR count). The molecule has 1 amide bonds. The Balaban J connectivity index is 1.38. The van der Waals surface area contributed by atoms with Gasteiger partial charge in [0.2, 0.25) is 5.91 Å². The molecule has 0 unspecified atom stereocenters. The van der Waals surface area contributed by atoms with E-state index < -0.39 is 0 Å². The second-order valence-electron chi connectivity index (χ2n) is 7.34. The number of amides is 1. The third-order valence-corrected chi connectivity index (χ3v) is 5.73. The minimum atomic E-state index is -0.0631. The van der Waals surface area contributed by atoms with Crippen LogP contribution in [0.4, 0.5) is 0 Å². The molecule has 0 saturated heterocycles. The van der Waals surface area contributed by atoms with E-state index in [1.165, 1.54) is 0 Å². The highest BCUT2D eigenvalue weighted by Crippen LogP contribution is 2.19. The third-order valence-electron chi connectivity index (χ3n) is 5.11. The number of rotatable bonds is 9. The van der Waals surface area contributed by atoms with Crippen LogP contribution in [0.1, 0.15) is 11.4 Å². The van der Waals surface area contributed by atoms with Crippen LogP contribution in [0.25, 0.3) is 11.0 Å². The van der Waals surface area contributed by atoms with Crippen molar-refractivity contribution in [3.63, 3.8) is 0 Å². The van der Waals surface area contributed by atoms with Crippen LogP contribution in [-0.2, 0) is 24.2 Å². The molecular formula is C25H23Cl2N3O2. The normalized spacial score (nSPS) is 10.9. The van der Waals surface area contributed by atoms with E-state index in [1.54, 1.807) is 18.2 Å². The van der Waals surface area contributed by atoms with Crippen molar-refractivity contribution in [1.29, 1.82) is 0 Å². The van der Waals surface area contributed by atoms with E-state index in [9.17, 15) is 4.79 Å². The summed E-state index contributed by atoms with van der Waals surface area (Å²) < 4.78 is 8.01. The van der Waals surface area contributed by atoms with Gasteiger partial charge in [-0.05, 0) is 48.0 Å². The van der Waals surface area contributed by atoms with Crippen molar-refractivity contribution in [2.24, 2.45) is 0 Å². The van der Waals surface area contributed by atoms with Gasteiger partial charge in [0.25, 0.3) is 0 Å². The Hall–Kier alpha value is -3.02. The molecule has 5 nitrogen and oxygen atoms in total. The van der Waals surface area contributed by atoms with Crippen molar-refractivity contribution < 1.29 is 9.53 Å². The Bertz CT molecular complexity index is 1210. The SMILES string of the molecule is O=C(Cc1ccccc1Cl)NCCc1nc2ccccc2n1CCOc1ccc(Cl)cc1. The summed E-state index contributed by atoms with van der Waals surface area (Å²) in [6, 6.07) is 22.7. The van der Waals surface area contributed by atoms with E-state index in [-0.39, 0.29) is 12.3 Å². The van der Waals surface area contributed by atoms with Crippen molar-refractivity contribution in [2.75, 3.05) is 13.2 Å². The number of nitrogens with zero attached hydrogens (tertiary/aromatic N) is 2. The minimum Gasteiger partial charge on any atom is -0.492 e. The van der Waals surface area contributed by atoms with E-state index >= 15 is 0 Å². The number of hydrogen-bond acceptors (Lipinski definition) is 3. The largest absolute Gasteiger partial charge is 0.492 e. The number of benzene rings is 3. The number of carbonyl (C=O) groups is 1. The molecule has 1 heterocycles. The topological polar surface area (TPSA) is 56.2 Å². The molecule has 1 N–H and O–H groups in total. The van der Waals surface area contributed by atoms with Gasteiger partial charge in [-0.1, -0.05) is 53.5 Å². The zero-order valence-corrected chi connectivity index (χ0v) is 18.9. The molecule has 7 heteroatoms. The first-order valence-corrected chi connectivity index (χ1v) is 11.2. The Morgan fingerprint density at radius 1 is 0.969 bits per heavy atom. The summed E-state index contributed by atoms with van der Waals surface area (Å²) in [5, 5.41) is 4.25. The number of halogens is 2. The molecule has 0 fully saturated rings. The fraction of sp³-hybridized carbons (Fsp3) is 0.200. The molecule has 0 radical (unpaired) electrons. The third kappa shape index (κ3) is 5.61. The van der Waals surface area contributed by atoms with Gasteiger partial charge in [-0.3, -0.25) is 4.79 Å². The maximum Gasteiger partial charge on any atom is 0.224 e.